The normalized spacial score (nSPS) is 23.1. The molecule has 0 bridgehead atoms. The fraction of sp³-hybridized carbons (Fsp3) is 0.516. The molecule has 0 aromatic heterocycles. The lowest BCUT2D eigenvalue weighted by Crippen LogP contribution is -2.39. The van der Waals surface area contributed by atoms with E-state index in [1.54, 1.807) is 0 Å². The average molecular weight is 505 g/mol. The maximum absolute atomic E-state index is 9.42. The summed E-state index contributed by atoms with van der Waals surface area (Å²) in [6, 6.07) is 6.88. The van der Waals surface area contributed by atoms with Gasteiger partial charge in [-0.25, -0.2) is 0 Å². The molecule has 1 aromatic carbocycles. The fourth-order valence-corrected chi connectivity index (χ4v) is 5.61. The van der Waals surface area contributed by atoms with E-state index < -0.39 is 0 Å². The summed E-state index contributed by atoms with van der Waals surface area (Å²) < 4.78 is 5.89. The number of piperidine rings is 1. The van der Waals surface area contributed by atoms with Crippen LogP contribution in [0.3, 0.4) is 0 Å². The molecule has 0 amide bonds. The Bertz CT molecular complexity index is 1110. The van der Waals surface area contributed by atoms with Crippen molar-refractivity contribution in [1.29, 1.82) is 0 Å². The van der Waals surface area contributed by atoms with Gasteiger partial charge in [-0.1, -0.05) is 30.9 Å². The molecule has 4 rings (SSSR count). The van der Waals surface area contributed by atoms with Crippen LogP contribution in [-0.4, -0.2) is 47.6 Å². The molecule has 2 atom stereocenters. The number of aliphatic hydroxyl groups excluding tert-OH is 1. The Labute approximate surface area is 222 Å². The molecule has 1 heterocycles. The standard InChI is InChI=1S/C31H44N4O2/c1-20(2)37-31-12-9-25(17-29(31)32)22(4)33-18-21(3)26-7-6-8-28-27(26)10-11-30(28)34-23(5)35-15-13-24(19-36)14-16-35/h6-9,17-18,20,24,30-31,34,36H,5,10-16,19,32H2,1-4H3/b21-18+,33-22+/t30-,31?/m0/s1. The highest BCUT2D eigenvalue weighted by Gasteiger charge is 2.27. The van der Waals surface area contributed by atoms with E-state index in [0.717, 1.165) is 73.6 Å². The first-order valence-corrected chi connectivity index (χ1v) is 13.7. The Morgan fingerprint density at radius 2 is 2.03 bits per heavy atom. The van der Waals surface area contributed by atoms with Gasteiger partial charge in [-0.05, 0) is 99.6 Å². The van der Waals surface area contributed by atoms with Gasteiger partial charge in [0.05, 0.1) is 18.0 Å². The minimum atomic E-state index is -0.0502. The Kier molecular flexibility index (Phi) is 8.93. The number of nitrogens with zero attached hydrogens (tertiary/aromatic N) is 2. The number of rotatable bonds is 9. The van der Waals surface area contributed by atoms with Crippen molar-refractivity contribution in [3.05, 3.63) is 76.9 Å². The molecule has 6 heteroatoms. The van der Waals surface area contributed by atoms with Gasteiger partial charge in [-0.15, -0.1) is 0 Å². The van der Waals surface area contributed by atoms with Crippen LogP contribution in [0.2, 0.25) is 0 Å². The van der Waals surface area contributed by atoms with Crippen molar-refractivity contribution in [2.24, 2.45) is 16.6 Å². The van der Waals surface area contributed by atoms with Crippen LogP contribution in [0, 0.1) is 5.92 Å². The zero-order valence-corrected chi connectivity index (χ0v) is 23.0. The number of ether oxygens (including phenoxy) is 1. The molecule has 0 saturated carbocycles. The molecular formula is C31H44N4O2. The third kappa shape index (κ3) is 6.55. The van der Waals surface area contributed by atoms with E-state index in [2.05, 4.69) is 48.0 Å². The molecule has 1 fully saturated rings. The Hall–Kier alpha value is -2.83. The van der Waals surface area contributed by atoms with Crippen LogP contribution >= 0.6 is 0 Å². The summed E-state index contributed by atoms with van der Waals surface area (Å²) in [4.78, 5) is 7.13. The van der Waals surface area contributed by atoms with Gasteiger partial charge in [-0.2, -0.15) is 0 Å². The number of hydrogen-bond donors (Lipinski definition) is 3. The molecule has 0 spiro atoms. The summed E-state index contributed by atoms with van der Waals surface area (Å²) in [5.74, 6) is 1.43. The van der Waals surface area contributed by atoms with E-state index in [4.69, 9.17) is 15.5 Å². The zero-order valence-electron chi connectivity index (χ0n) is 23.0. The SMILES string of the molecule is C=C(N[C@H]1CCc2c(/C(C)=C/N=C(\C)C3=CCC(OC(C)C)C(N)=C3)cccc21)N1CCC(CO)CC1. The summed E-state index contributed by atoms with van der Waals surface area (Å²) in [5.41, 5.74) is 14.3. The molecule has 1 saturated heterocycles. The highest BCUT2D eigenvalue weighted by atomic mass is 16.5. The minimum Gasteiger partial charge on any atom is -0.400 e. The Morgan fingerprint density at radius 3 is 2.70 bits per heavy atom. The van der Waals surface area contributed by atoms with Crippen LogP contribution in [-0.2, 0) is 11.2 Å². The number of hydrogen-bond acceptors (Lipinski definition) is 6. The van der Waals surface area contributed by atoms with Crippen LogP contribution in [0.4, 0.5) is 0 Å². The molecule has 1 unspecified atom stereocenters. The van der Waals surface area contributed by atoms with Crippen molar-refractivity contribution in [3.63, 3.8) is 0 Å². The highest BCUT2D eigenvalue weighted by Crippen LogP contribution is 2.37. The largest absolute Gasteiger partial charge is 0.400 e. The quantitative estimate of drug-likeness (QED) is 0.401. The summed E-state index contributed by atoms with van der Waals surface area (Å²) in [5, 5.41) is 13.1. The van der Waals surface area contributed by atoms with Crippen LogP contribution in [0.25, 0.3) is 5.57 Å². The second-order valence-electron chi connectivity index (χ2n) is 10.9. The molecular weight excluding hydrogens is 460 g/mol. The fourth-order valence-electron chi connectivity index (χ4n) is 5.61. The summed E-state index contributed by atoms with van der Waals surface area (Å²) in [6.07, 6.45) is 11.2. The van der Waals surface area contributed by atoms with E-state index in [1.165, 1.54) is 16.7 Å². The van der Waals surface area contributed by atoms with E-state index in [0.29, 0.717) is 12.5 Å². The molecule has 0 radical (unpaired) electrons. The van der Waals surface area contributed by atoms with Gasteiger partial charge >= 0.3 is 0 Å². The molecule has 2 aliphatic carbocycles. The van der Waals surface area contributed by atoms with E-state index >= 15 is 0 Å². The molecule has 6 nitrogen and oxygen atoms in total. The first-order chi connectivity index (χ1) is 17.8. The minimum absolute atomic E-state index is 0.0502. The number of aliphatic imine (C=N–C) groups is 1. The number of nitrogens with two attached hydrogens (primary N) is 1. The van der Waals surface area contributed by atoms with Crippen molar-refractivity contribution in [1.82, 2.24) is 10.2 Å². The third-order valence-corrected chi connectivity index (χ3v) is 7.84. The van der Waals surface area contributed by atoms with Gasteiger partial charge in [-0.3, -0.25) is 4.99 Å². The number of likely N-dealkylation sites (tertiary alicyclic amines) is 1. The van der Waals surface area contributed by atoms with Crippen molar-refractivity contribution >= 4 is 11.3 Å². The summed E-state index contributed by atoms with van der Waals surface area (Å²) in [6.45, 7) is 14.8. The number of nitrogens with one attached hydrogen (secondary N) is 1. The van der Waals surface area contributed by atoms with E-state index in [-0.39, 0.29) is 18.2 Å². The maximum atomic E-state index is 9.42. The van der Waals surface area contributed by atoms with Crippen LogP contribution in [0.1, 0.15) is 76.1 Å². The third-order valence-electron chi connectivity index (χ3n) is 7.84. The lowest BCUT2D eigenvalue weighted by Gasteiger charge is -2.35. The van der Waals surface area contributed by atoms with E-state index in [1.807, 2.05) is 33.0 Å². The smallest absolute Gasteiger partial charge is 0.100 e. The lowest BCUT2D eigenvalue weighted by atomic mass is 9.97. The second kappa shape index (κ2) is 12.1. The maximum Gasteiger partial charge on any atom is 0.100 e. The average Bonchev–Trinajstić information content (AvgIpc) is 3.30. The number of benzene rings is 1. The Morgan fingerprint density at radius 1 is 1.27 bits per heavy atom. The van der Waals surface area contributed by atoms with Gasteiger partial charge < -0.3 is 25.8 Å². The van der Waals surface area contributed by atoms with Crippen molar-refractivity contribution in [2.45, 2.75) is 78.0 Å². The van der Waals surface area contributed by atoms with Crippen molar-refractivity contribution in [3.8, 4) is 0 Å². The topological polar surface area (TPSA) is 83.1 Å². The summed E-state index contributed by atoms with van der Waals surface area (Å²) >= 11 is 0. The van der Waals surface area contributed by atoms with Gasteiger partial charge in [0.2, 0.25) is 0 Å². The first-order valence-electron chi connectivity index (χ1n) is 13.7. The van der Waals surface area contributed by atoms with Crippen molar-refractivity contribution in [2.75, 3.05) is 19.7 Å². The number of fused-ring (bicyclic) bond motifs is 1. The zero-order chi connectivity index (χ0) is 26.5. The Balaban J connectivity index is 1.43. The predicted octanol–water partition coefficient (Wildman–Crippen LogP) is 5.23. The van der Waals surface area contributed by atoms with Gasteiger partial charge in [0.25, 0.3) is 0 Å². The highest BCUT2D eigenvalue weighted by molar-refractivity contribution is 6.01. The lowest BCUT2D eigenvalue weighted by molar-refractivity contribution is 0.0292. The monoisotopic (exact) mass is 504 g/mol. The van der Waals surface area contributed by atoms with Crippen molar-refractivity contribution < 1.29 is 9.84 Å². The van der Waals surface area contributed by atoms with Gasteiger partial charge in [0, 0.05) is 37.3 Å². The summed E-state index contributed by atoms with van der Waals surface area (Å²) in [7, 11) is 0. The molecule has 3 aliphatic rings. The second-order valence-corrected chi connectivity index (χ2v) is 10.9. The van der Waals surface area contributed by atoms with Gasteiger partial charge in [0.15, 0.2) is 0 Å². The van der Waals surface area contributed by atoms with Crippen LogP contribution in [0.15, 0.2) is 65.2 Å². The number of aliphatic hydroxyl groups is 1. The molecule has 200 valence electrons. The van der Waals surface area contributed by atoms with Crippen LogP contribution in [0.5, 0.6) is 0 Å². The number of allylic oxidation sites excluding steroid dienone is 3. The molecule has 37 heavy (non-hydrogen) atoms. The predicted molar refractivity (Wildman–Crippen MR) is 153 cm³/mol. The molecule has 1 aliphatic heterocycles. The van der Waals surface area contributed by atoms with Crippen LogP contribution < -0.4 is 11.1 Å². The van der Waals surface area contributed by atoms with E-state index in [9.17, 15) is 5.11 Å². The molecule has 1 aromatic rings. The molecule has 4 N–H and O–H groups in total. The first kappa shape index (κ1) is 27.2. The van der Waals surface area contributed by atoms with Gasteiger partial charge in [0.1, 0.15) is 6.10 Å².